The molecule has 82 valence electrons. The molecule has 2 nitrogen and oxygen atoms in total. The first-order valence-corrected chi connectivity index (χ1v) is 5.66. The van der Waals surface area contributed by atoms with Crippen molar-refractivity contribution >= 4 is 17.6 Å². The number of hydrogen-bond acceptors (Lipinski definition) is 2. The number of unbranched alkanes of at least 4 members (excludes halogenated alkanes) is 3. The minimum atomic E-state index is -0.279. The van der Waals surface area contributed by atoms with Gasteiger partial charge in [0.15, 0.2) is 0 Å². The molecule has 14 heavy (non-hydrogen) atoms. The Kier molecular flexibility index (Phi) is 8.75. The molecular formula is C11H19ClO2. The Labute approximate surface area is 91.3 Å². The Morgan fingerprint density at radius 3 is 2.50 bits per heavy atom. The lowest BCUT2D eigenvalue weighted by Crippen LogP contribution is -2.08. The van der Waals surface area contributed by atoms with Crippen molar-refractivity contribution in [3.05, 3.63) is 11.1 Å². The second kappa shape index (κ2) is 9.07. The summed E-state index contributed by atoms with van der Waals surface area (Å²) in [6.45, 7) is 4.54. The lowest BCUT2D eigenvalue weighted by Gasteiger charge is -2.05. The second-order valence-electron chi connectivity index (χ2n) is 3.18. The first kappa shape index (κ1) is 13.5. The van der Waals surface area contributed by atoms with Gasteiger partial charge in [-0.15, -0.1) is 0 Å². The van der Waals surface area contributed by atoms with Crippen molar-refractivity contribution in [1.29, 1.82) is 0 Å². The highest BCUT2D eigenvalue weighted by molar-refractivity contribution is 6.27. The SMILES string of the molecule is CCCCCCOC(=O)C(=CCl)CC. The average molecular weight is 219 g/mol. The molecule has 0 saturated carbocycles. The van der Waals surface area contributed by atoms with Crippen LogP contribution in [0.4, 0.5) is 0 Å². The van der Waals surface area contributed by atoms with Crippen molar-refractivity contribution in [2.45, 2.75) is 46.0 Å². The molecule has 0 heterocycles. The maximum absolute atomic E-state index is 11.3. The smallest absolute Gasteiger partial charge is 0.334 e. The fourth-order valence-corrected chi connectivity index (χ4v) is 1.30. The Hall–Kier alpha value is -0.500. The number of halogens is 1. The zero-order chi connectivity index (χ0) is 10.8. The second-order valence-corrected chi connectivity index (χ2v) is 3.40. The molecule has 0 rings (SSSR count). The van der Waals surface area contributed by atoms with Gasteiger partial charge in [-0.2, -0.15) is 0 Å². The van der Waals surface area contributed by atoms with E-state index in [9.17, 15) is 4.79 Å². The highest BCUT2D eigenvalue weighted by Crippen LogP contribution is 2.06. The molecule has 0 atom stereocenters. The highest BCUT2D eigenvalue weighted by atomic mass is 35.5. The van der Waals surface area contributed by atoms with Gasteiger partial charge < -0.3 is 4.74 Å². The minimum absolute atomic E-state index is 0.279. The van der Waals surface area contributed by atoms with Gasteiger partial charge in [-0.1, -0.05) is 44.7 Å². The van der Waals surface area contributed by atoms with Gasteiger partial charge in [0.2, 0.25) is 0 Å². The van der Waals surface area contributed by atoms with Crippen LogP contribution in [0.15, 0.2) is 11.1 Å². The summed E-state index contributed by atoms with van der Waals surface area (Å²) in [5.41, 5.74) is 1.84. The molecule has 0 radical (unpaired) electrons. The van der Waals surface area contributed by atoms with E-state index in [4.69, 9.17) is 16.3 Å². The van der Waals surface area contributed by atoms with Crippen LogP contribution >= 0.6 is 11.6 Å². The molecule has 0 aromatic heterocycles. The molecule has 0 unspecified atom stereocenters. The van der Waals surface area contributed by atoms with E-state index in [1.807, 2.05) is 6.92 Å². The zero-order valence-corrected chi connectivity index (χ0v) is 9.77. The predicted octanol–water partition coefficient (Wildman–Crippen LogP) is 3.64. The predicted molar refractivity (Wildman–Crippen MR) is 59.3 cm³/mol. The van der Waals surface area contributed by atoms with Crippen LogP contribution in [-0.2, 0) is 9.53 Å². The monoisotopic (exact) mass is 218 g/mol. The van der Waals surface area contributed by atoms with Crippen LogP contribution in [0.25, 0.3) is 0 Å². The molecule has 0 aliphatic heterocycles. The Balaban J connectivity index is 3.53. The van der Waals surface area contributed by atoms with Gasteiger partial charge in [0.1, 0.15) is 0 Å². The maximum Gasteiger partial charge on any atom is 0.334 e. The van der Waals surface area contributed by atoms with E-state index in [0.29, 0.717) is 18.6 Å². The molecule has 0 spiro atoms. The van der Waals surface area contributed by atoms with E-state index >= 15 is 0 Å². The summed E-state index contributed by atoms with van der Waals surface area (Å²) in [7, 11) is 0. The first-order chi connectivity index (χ1) is 6.76. The standard InChI is InChI=1S/C11H19ClO2/c1-3-5-6-7-8-14-11(13)10(4-2)9-12/h9H,3-8H2,1-2H3. The molecule has 3 heteroatoms. The molecule has 0 aromatic carbocycles. The maximum atomic E-state index is 11.3. The number of carbonyl (C=O) groups is 1. The number of hydrogen-bond donors (Lipinski definition) is 0. The van der Waals surface area contributed by atoms with Crippen molar-refractivity contribution in [3.63, 3.8) is 0 Å². The van der Waals surface area contributed by atoms with Gasteiger partial charge in [0.05, 0.1) is 6.61 Å². The summed E-state index contributed by atoms with van der Waals surface area (Å²) in [6.07, 6.45) is 5.07. The van der Waals surface area contributed by atoms with Crippen molar-refractivity contribution < 1.29 is 9.53 Å². The van der Waals surface area contributed by atoms with Crippen molar-refractivity contribution in [2.75, 3.05) is 6.61 Å². The molecule has 0 aromatic rings. The van der Waals surface area contributed by atoms with Crippen molar-refractivity contribution in [2.24, 2.45) is 0 Å². The summed E-state index contributed by atoms with van der Waals surface area (Å²) in [4.78, 5) is 11.3. The number of ether oxygens (including phenoxy) is 1. The fourth-order valence-electron chi connectivity index (χ4n) is 1.05. The van der Waals surface area contributed by atoms with Gasteiger partial charge in [0.25, 0.3) is 0 Å². The summed E-state index contributed by atoms with van der Waals surface area (Å²) < 4.78 is 5.04. The molecule has 0 aliphatic rings. The van der Waals surface area contributed by atoms with Crippen molar-refractivity contribution in [3.8, 4) is 0 Å². The van der Waals surface area contributed by atoms with Crippen LogP contribution < -0.4 is 0 Å². The fraction of sp³-hybridized carbons (Fsp3) is 0.727. The van der Waals surface area contributed by atoms with Gasteiger partial charge in [-0.3, -0.25) is 0 Å². The average Bonchev–Trinajstić information content (AvgIpc) is 2.19. The summed E-state index contributed by atoms with van der Waals surface area (Å²) in [5.74, 6) is -0.279. The van der Waals surface area contributed by atoms with E-state index in [0.717, 1.165) is 12.8 Å². The Bertz CT molecular complexity index is 188. The molecule has 0 fully saturated rings. The van der Waals surface area contributed by atoms with Crippen LogP contribution in [0.5, 0.6) is 0 Å². The van der Waals surface area contributed by atoms with E-state index in [2.05, 4.69) is 6.92 Å². The summed E-state index contributed by atoms with van der Waals surface area (Å²) >= 11 is 5.46. The van der Waals surface area contributed by atoms with Gasteiger partial charge in [0, 0.05) is 11.1 Å². The van der Waals surface area contributed by atoms with E-state index in [1.165, 1.54) is 18.4 Å². The topological polar surface area (TPSA) is 26.3 Å². The van der Waals surface area contributed by atoms with Crippen LogP contribution in [0, 0.1) is 0 Å². The molecule has 0 saturated heterocycles. The Morgan fingerprint density at radius 1 is 1.29 bits per heavy atom. The minimum Gasteiger partial charge on any atom is -0.462 e. The summed E-state index contributed by atoms with van der Waals surface area (Å²) in [6, 6.07) is 0. The number of esters is 1. The van der Waals surface area contributed by atoms with Crippen LogP contribution in [0.1, 0.15) is 46.0 Å². The molecule has 0 amide bonds. The first-order valence-electron chi connectivity index (χ1n) is 5.22. The number of carbonyl (C=O) groups excluding carboxylic acids is 1. The molecule has 0 aliphatic carbocycles. The molecule has 0 N–H and O–H groups in total. The number of rotatable bonds is 7. The van der Waals surface area contributed by atoms with Gasteiger partial charge in [-0.05, 0) is 12.8 Å². The quantitative estimate of drug-likeness (QED) is 0.371. The normalized spacial score (nSPS) is 11.5. The largest absolute Gasteiger partial charge is 0.462 e. The van der Waals surface area contributed by atoms with Gasteiger partial charge >= 0.3 is 5.97 Å². The lowest BCUT2D eigenvalue weighted by molar-refractivity contribution is -0.139. The third kappa shape index (κ3) is 6.03. The van der Waals surface area contributed by atoms with E-state index in [-0.39, 0.29) is 5.97 Å². The molecule has 0 bridgehead atoms. The highest BCUT2D eigenvalue weighted by Gasteiger charge is 2.07. The Morgan fingerprint density at radius 2 is 2.00 bits per heavy atom. The van der Waals surface area contributed by atoms with E-state index < -0.39 is 0 Å². The third-order valence-electron chi connectivity index (χ3n) is 2.01. The van der Waals surface area contributed by atoms with Crippen LogP contribution in [-0.4, -0.2) is 12.6 Å². The summed E-state index contributed by atoms with van der Waals surface area (Å²) in [5, 5.41) is 0. The van der Waals surface area contributed by atoms with Crippen LogP contribution in [0.3, 0.4) is 0 Å². The van der Waals surface area contributed by atoms with Crippen molar-refractivity contribution in [1.82, 2.24) is 0 Å². The lowest BCUT2D eigenvalue weighted by atomic mass is 10.2. The zero-order valence-electron chi connectivity index (χ0n) is 9.01. The molecular weight excluding hydrogens is 200 g/mol. The third-order valence-corrected chi connectivity index (χ3v) is 2.27. The van der Waals surface area contributed by atoms with Crippen LogP contribution in [0.2, 0.25) is 0 Å². The van der Waals surface area contributed by atoms with Gasteiger partial charge in [-0.25, -0.2) is 4.79 Å². The van der Waals surface area contributed by atoms with E-state index in [1.54, 1.807) is 0 Å².